The van der Waals surface area contributed by atoms with Gasteiger partial charge in [-0.15, -0.1) is 0 Å². The van der Waals surface area contributed by atoms with E-state index in [4.69, 9.17) is 5.73 Å². The lowest BCUT2D eigenvalue weighted by atomic mass is 10.2. The Morgan fingerprint density at radius 1 is 1.46 bits per heavy atom. The summed E-state index contributed by atoms with van der Waals surface area (Å²) in [5, 5.41) is 0. The lowest BCUT2D eigenvalue weighted by molar-refractivity contribution is -0.133. The minimum Gasteiger partial charge on any atom is -0.338 e. The third-order valence-electron chi connectivity index (χ3n) is 2.81. The summed E-state index contributed by atoms with van der Waals surface area (Å²) in [6.07, 6.45) is 4.97. The maximum atomic E-state index is 11.7. The maximum Gasteiger partial charge on any atom is 0.239 e. The Hall–Kier alpha value is -0.570. The van der Waals surface area contributed by atoms with E-state index in [1.807, 2.05) is 4.90 Å². The Kier molecular flexibility index (Phi) is 2.28. The molecule has 0 aromatic carbocycles. The van der Waals surface area contributed by atoms with Crippen LogP contribution in [0.2, 0.25) is 0 Å². The molecule has 0 radical (unpaired) electrons. The second-order valence-electron chi connectivity index (χ2n) is 4.45. The Labute approximate surface area is 79.3 Å². The quantitative estimate of drug-likeness (QED) is 0.697. The number of hydrogen-bond donors (Lipinski definition) is 1. The molecule has 0 aromatic heterocycles. The van der Waals surface area contributed by atoms with Crippen LogP contribution in [-0.4, -0.2) is 29.4 Å². The fourth-order valence-electron chi connectivity index (χ4n) is 1.65. The first-order valence-electron chi connectivity index (χ1n) is 5.24. The second kappa shape index (κ2) is 3.29. The summed E-state index contributed by atoms with van der Waals surface area (Å²) in [4.78, 5) is 13.7. The molecule has 0 spiro atoms. The number of carbonyl (C=O) groups excluding carboxylic acids is 1. The lowest BCUT2D eigenvalue weighted by Crippen LogP contribution is -2.44. The molecular formula is C10H18N2O. The molecule has 0 unspecified atom stereocenters. The molecule has 74 valence electrons. The van der Waals surface area contributed by atoms with Crippen LogP contribution < -0.4 is 5.73 Å². The molecule has 3 heteroatoms. The minimum absolute atomic E-state index is 0.148. The van der Waals surface area contributed by atoms with Crippen molar-refractivity contribution in [1.82, 2.24) is 4.90 Å². The molecule has 1 amide bonds. The molecule has 0 heterocycles. The normalized spacial score (nSPS) is 24.2. The number of hydrogen-bond acceptors (Lipinski definition) is 2. The maximum absolute atomic E-state index is 11.7. The van der Waals surface area contributed by atoms with Gasteiger partial charge >= 0.3 is 0 Å². The zero-order valence-corrected chi connectivity index (χ0v) is 8.20. The summed E-state index contributed by atoms with van der Waals surface area (Å²) < 4.78 is 0. The summed E-state index contributed by atoms with van der Waals surface area (Å²) in [5.74, 6) is 0.928. The van der Waals surface area contributed by atoms with Crippen LogP contribution >= 0.6 is 0 Å². The number of rotatable bonds is 4. The van der Waals surface area contributed by atoms with Crippen molar-refractivity contribution in [1.29, 1.82) is 0 Å². The molecule has 0 aromatic rings. The van der Waals surface area contributed by atoms with E-state index >= 15 is 0 Å². The Morgan fingerprint density at radius 3 is 2.46 bits per heavy atom. The van der Waals surface area contributed by atoms with Crippen molar-refractivity contribution in [3.05, 3.63) is 0 Å². The van der Waals surface area contributed by atoms with E-state index < -0.39 is 0 Å². The highest BCUT2D eigenvalue weighted by Crippen LogP contribution is 2.34. The highest BCUT2D eigenvalue weighted by atomic mass is 16.2. The average molecular weight is 182 g/mol. The Balaban J connectivity index is 1.90. The molecule has 13 heavy (non-hydrogen) atoms. The van der Waals surface area contributed by atoms with Crippen LogP contribution in [0.4, 0.5) is 0 Å². The summed E-state index contributed by atoms with van der Waals surface area (Å²) in [7, 11) is 0. The lowest BCUT2D eigenvalue weighted by Gasteiger charge is -2.24. The standard InChI is InChI=1S/C10H18N2O/c1-7(11)10(13)12(9-4-5-9)6-8-2-3-8/h7-9H,2-6,11H2,1H3/t7-/m1/s1. The van der Waals surface area contributed by atoms with Crippen LogP contribution in [0.25, 0.3) is 0 Å². The first-order chi connectivity index (χ1) is 6.18. The number of carbonyl (C=O) groups is 1. The molecule has 2 rings (SSSR count). The average Bonchev–Trinajstić information content (AvgIpc) is 2.90. The van der Waals surface area contributed by atoms with Gasteiger partial charge in [0, 0.05) is 12.6 Å². The minimum atomic E-state index is -0.320. The Bertz CT molecular complexity index is 207. The fourth-order valence-corrected chi connectivity index (χ4v) is 1.65. The highest BCUT2D eigenvalue weighted by Gasteiger charge is 2.37. The monoisotopic (exact) mass is 182 g/mol. The van der Waals surface area contributed by atoms with Crippen LogP contribution in [0.15, 0.2) is 0 Å². The molecule has 1 atom stereocenters. The van der Waals surface area contributed by atoms with Gasteiger partial charge in [-0.2, -0.15) is 0 Å². The molecule has 0 bridgehead atoms. The van der Waals surface area contributed by atoms with Gasteiger partial charge in [-0.1, -0.05) is 0 Å². The molecule has 2 saturated carbocycles. The van der Waals surface area contributed by atoms with Crippen LogP contribution in [0.5, 0.6) is 0 Å². The van der Waals surface area contributed by atoms with Crippen molar-refractivity contribution < 1.29 is 4.79 Å². The number of nitrogens with zero attached hydrogens (tertiary/aromatic N) is 1. The van der Waals surface area contributed by atoms with E-state index in [1.165, 1.54) is 25.7 Å². The van der Waals surface area contributed by atoms with Crippen molar-refractivity contribution in [2.45, 2.75) is 44.7 Å². The molecule has 0 saturated heterocycles. The van der Waals surface area contributed by atoms with Gasteiger partial charge < -0.3 is 10.6 Å². The van der Waals surface area contributed by atoms with Crippen LogP contribution in [0.3, 0.4) is 0 Å². The van der Waals surface area contributed by atoms with E-state index in [0.717, 1.165) is 12.5 Å². The van der Waals surface area contributed by atoms with E-state index in [1.54, 1.807) is 6.92 Å². The molecule has 2 aliphatic rings. The molecule has 2 N–H and O–H groups in total. The third-order valence-corrected chi connectivity index (χ3v) is 2.81. The first kappa shape index (κ1) is 9.00. The van der Waals surface area contributed by atoms with Gasteiger partial charge in [0.2, 0.25) is 5.91 Å². The van der Waals surface area contributed by atoms with Crippen LogP contribution in [0.1, 0.15) is 32.6 Å². The van der Waals surface area contributed by atoms with E-state index in [9.17, 15) is 4.79 Å². The SMILES string of the molecule is C[C@@H](N)C(=O)N(CC1CC1)C1CC1. The molecule has 2 aliphatic carbocycles. The predicted octanol–water partition coefficient (Wildman–Crippen LogP) is 0.735. The van der Waals surface area contributed by atoms with Crippen molar-refractivity contribution in [3.63, 3.8) is 0 Å². The van der Waals surface area contributed by atoms with Crippen LogP contribution in [-0.2, 0) is 4.79 Å². The van der Waals surface area contributed by atoms with Gasteiger partial charge in [0.05, 0.1) is 6.04 Å². The summed E-state index contributed by atoms with van der Waals surface area (Å²) >= 11 is 0. The van der Waals surface area contributed by atoms with E-state index in [2.05, 4.69) is 0 Å². The van der Waals surface area contributed by atoms with Crippen molar-refractivity contribution >= 4 is 5.91 Å². The van der Waals surface area contributed by atoms with Crippen molar-refractivity contribution in [3.8, 4) is 0 Å². The van der Waals surface area contributed by atoms with E-state index in [0.29, 0.717) is 6.04 Å². The smallest absolute Gasteiger partial charge is 0.239 e. The topological polar surface area (TPSA) is 46.3 Å². The van der Waals surface area contributed by atoms with Crippen molar-refractivity contribution in [2.75, 3.05) is 6.54 Å². The van der Waals surface area contributed by atoms with E-state index in [-0.39, 0.29) is 11.9 Å². The third kappa shape index (κ3) is 2.21. The number of nitrogens with two attached hydrogens (primary N) is 1. The van der Waals surface area contributed by atoms with Crippen molar-refractivity contribution in [2.24, 2.45) is 11.7 Å². The highest BCUT2D eigenvalue weighted by molar-refractivity contribution is 5.81. The predicted molar refractivity (Wildman–Crippen MR) is 51.1 cm³/mol. The zero-order chi connectivity index (χ0) is 9.42. The first-order valence-corrected chi connectivity index (χ1v) is 5.24. The largest absolute Gasteiger partial charge is 0.338 e. The van der Waals surface area contributed by atoms with Crippen LogP contribution in [0, 0.1) is 5.92 Å². The van der Waals surface area contributed by atoms with Gasteiger partial charge in [0.1, 0.15) is 0 Å². The molecule has 3 nitrogen and oxygen atoms in total. The zero-order valence-electron chi connectivity index (χ0n) is 8.20. The molecule has 2 fully saturated rings. The fraction of sp³-hybridized carbons (Fsp3) is 0.900. The van der Waals surface area contributed by atoms with Gasteiger partial charge in [0.25, 0.3) is 0 Å². The molecule has 0 aliphatic heterocycles. The van der Waals surface area contributed by atoms with Gasteiger partial charge in [-0.3, -0.25) is 4.79 Å². The molecular weight excluding hydrogens is 164 g/mol. The van der Waals surface area contributed by atoms with Gasteiger partial charge in [0.15, 0.2) is 0 Å². The summed E-state index contributed by atoms with van der Waals surface area (Å²) in [6.45, 7) is 2.75. The van der Waals surface area contributed by atoms with Gasteiger partial charge in [-0.05, 0) is 38.5 Å². The number of amides is 1. The summed E-state index contributed by atoms with van der Waals surface area (Å²) in [6, 6.07) is 0.207. The van der Waals surface area contributed by atoms with Gasteiger partial charge in [-0.25, -0.2) is 0 Å². The second-order valence-corrected chi connectivity index (χ2v) is 4.45. The Morgan fingerprint density at radius 2 is 2.08 bits per heavy atom. The summed E-state index contributed by atoms with van der Waals surface area (Å²) in [5.41, 5.74) is 5.61.